The zero-order valence-corrected chi connectivity index (χ0v) is 40.7. The van der Waals surface area contributed by atoms with Crippen molar-refractivity contribution in [3.8, 4) is 22.3 Å². The number of allylic oxidation sites excluding steroid dienone is 6. The van der Waals surface area contributed by atoms with Gasteiger partial charge in [-0.1, -0.05) is 232 Å². The van der Waals surface area contributed by atoms with Gasteiger partial charge in [0.15, 0.2) is 0 Å². The Balaban J connectivity index is 0.911. The largest absolute Gasteiger partial charge is 0.334 e. The zero-order valence-electron chi connectivity index (χ0n) is 40.7. The molecule has 0 amide bonds. The van der Waals surface area contributed by atoms with E-state index in [0.29, 0.717) is 0 Å². The van der Waals surface area contributed by atoms with E-state index in [-0.39, 0.29) is 11.5 Å². The number of fused-ring (bicyclic) bond motifs is 18. The van der Waals surface area contributed by atoms with Crippen molar-refractivity contribution in [1.82, 2.24) is 0 Å². The van der Waals surface area contributed by atoms with Gasteiger partial charge in [-0.3, -0.25) is 0 Å². The van der Waals surface area contributed by atoms with Gasteiger partial charge < -0.3 is 4.90 Å². The standard InChI is InChI=1S/C71H53N/c1-69(2)58-29-10-6-24-53(58)56-43-42-51(45-67(56)69)72(49-40-38-47(39-41-49)46-20-4-3-5-21-46)50-23-18-22-48(44-50)52-28-19-37-66-68(52)57-27-9-13-32-61(57)71(66)64-35-16-14-33-62(64)70(63-34-15-17-36-65(63)71)59-30-11-7-25-54(59)55-26-8-12-31-60(55)70/h3-18,20-36,38-40,42-45,49H,19,37,41H2,1-2H3. The monoisotopic (exact) mass is 919 g/mol. The van der Waals surface area contributed by atoms with Gasteiger partial charge in [-0.2, -0.15) is 0 Å². The van der Waals surface area contributed by atoms with Gasteiger partial charge in [0.2, 0.25) is 0 Å². The highest BCUT2D eigenvalue weighted by atomic mass is 15.2. The van der Waals surface area contributed by atoms with Crippen LogP contribution in [0.25, 0.3) is 39.0 Å². The van der Waals surface area contributed by atoms with Crippen LogP contribution >= 0.6 is 0 Å². The summed E-state index contributed by atoms with van der Waals surface area (Å²) in [6.45, 7) is 4.78. The van der Waals surface area contributed by atoms with Gasteiger partial charge in [-0.15, -0.1) is 0 Å². The summed E-state index contributed by atoms with van der Waals surface area (Å²) in [5.74, 6) is 0. The van der Waals surface area contributed by atoms with Crippen LogP contribution in [-0.4, -0.2) is 6.04 Å². The van der Waals surface area contributed by atoms with Crippen LogP contribution in [0.4, 0.5) is 11.4 Å². The maximum Gasteiger partial charge on any atom is 0.0719 e. The molecular formula is C71H53N. The van der Waals surface area contributed by atoms with Crippen LogP contribution in [0.15, 0.2) is 248 Å². The molecule has 0 bridgehead atoms. The molecule has 0 fully saturated rings. The second-order valence-corrected chi connectivity index (χ2v) is 21.2. The van der Waals surface area contributed by atoms with Crippen molar-refractivity contribution in [2.45, 2.75) is 55.4 Å². The molecule has 0 N–H and O–H groups in total. The average molecular weight is 920 g/mol. The third kappa shape index (κ3) is 5.43. The number of benzene rings is 9. The minimum absolute atomic E-state index is 0.111. The summed E-state index contributed by atoms with van der Waals surface area (Å²) in [4.78, 5) is 2.62. The molecule has 0 saturated carbocycles. The van der Waals surface area contributed by atoms with E-state index < -0.39 is 10.8 Å². The Bertz CT molecular complexity index is 3790. The fourth-order valence-electron chi connectivity index (χ4n) is 14.7. The topological polar surface area (TPSA) is 3.24 Å². The third-order valence-corrected chi connectivity index (χ3v) is 17.6. The lowest BCUT2D eigenvalue weighted by Crippen LogP contribution is -2.44. The number of anilines is 2. The van der Waals surface area contributed by atoms with Gasteiger partial charge in [0.25, 0.3) is 0 Å². The van der Waals surface area contributed by atoms with Crippen molar-refractivity contribution in [2.75, 3.05) is 4.90 Å². The molecule has 72 heavy (non-hydrogen) atoms. The summed E-state index contributed by atoms with van der Waals surface area (Å²) in [5.41, 5.74) is 28.7. The van der Waals surface area contributed by atoms with Gasteiger partial charge in [-0.05, 0) is 155 Å². The van der Waals surface area contributed by atoms with Gasteiger partial charge in [0.05, 0.1) is 16.9 Å². The number of rotatable bonds is 5. The molecule has 0 aliphatic heterocycles. The van der Waals surface area contributed by atoms with Crippen molar-refractivity contribution >= 4 is 28.1 Å². The maximum atomic E-state index is 2.62. The van der Waals surface area contributed by atoms with E-state index in [2.05, 4.69) is 261 Å². The number of nitrogens with zero attached hydrogens (tertiary/aromatic N) is 1. The summed E-state index contributed by atoms with van der Waals surface area (Å²) in [7, 11) is 0. The quantitative estimate of drug-likeness (QED) is 0.166. The van der Waals surface area contributed by atoms with E-state index in [1.807, 2.05) is 0 Å². The van der Waals surface area contributed by atoms with Gasteiger partial charge >= 0.3 is 0 Å². The Morgan fingerprint density at radius 3 is 1.53 bits per heavy atom. The van der Waals surface area contributed by atoms with Crippen LogP contribution in [0.3, 0.4) is 0 Å². The summed E-state index contributed by atoms with van der Waals surface area (Å²) in [6.07, 6.45) is 12.6. The Morgan fingerprint density at radius 1 is 0.403 bits per heavy atom. The molecule has 1 unspecified atom stereocenters. The highest BCUT2D eigenvalue weighted by molar-refractivity contribution is 6.12. The summed E-state index contributed by atoms with van der Waals surface area (Å²) >= 11 is 0. The smallest absolute Gasteiger partial charge is 0.0719 e. The first-order valence-corrected chi connectivity index (χ1v) is 26.0. The van der Waals surface area contributed by atoms with Crippen LogP contribution in [0.5, 0.6) is 0 Å². The zero-order chi connectivity index (χ0) is 47.8. The number of hydrogen-bond acceptors (Lipinski definition) is 1. The minimum Gasteiger partial charge on any atom is -0.334 e. The van der Waals surface area contributed by atoms with E-state index in [1.54, 1.807) is 0 Å². The molecule has 9 aromatic carbocycles. The Morgan fingerprint density at radius 2 is 0.903 bits per heavy atom. The highest BCUT2D eigenvalue weighted by Crippen LogP contribution is 2.69. The van der Waals surface area contributed by atoms with Gasteiger partial charge in [-0.25, -0.2) is 0 Å². The Labute approximate surface area is 423 Å². The van der Waals surface area contributed by atoms with Crippen molar-refractivity contribution in [3.05, 3.63) is 315 Å². The van der Waals surface area contributed by atoms with Crippen LogP contribution in [0.2, 0.25) is 0 Å². The van der Waals surface area contributed by atoms with E-state index in [4.69, 9.17) is 0 Å². The first-order valence-electron chi connectivity index (χ1n) is 26.0. The van der Waals surface area contributed by atoms with E-state index >= 15 is 0 Å². The molecule has 15 rings (SSSR count). The second-order valence-electron chi connectivity index (χ2n) is 21.2. The molecule has 342 valence electrons. The number of hydrogen-bond donors (Lipinski definition) is 0. The summed E-state index contributed by atoms with van der Waals surface area (Å²) in [6, 6.07) is 83.5. The molecule has 2 spiro atoms. The average Bonchev–Trinajstić information content (AvgIpc) is 4.01. The molecule has 0 aromatic heterocycles. The molecule has 6 aliphatic rings. The fourth-order valence-corrected chi connectivity index (χ4v) is 14.7. The van der Waals surface area contributed by atoms with E-state index in [0.717, 1.165) is 19.3 Å². The minimum atomic E-state index is -0.468. The molecule has 1 nitrogen and oxygen atoms in total. The van der Waals surface area contributed by atoms with Crippen LogP contribution in [0, 0.1) is 0 Å². The molecule has 1 atom stereocenters. The predicted octanol–water partition coefficient (Wildman–Crippen LogP) is 17.2. The molecule has 0 saturated heterocycles. The van der Waals surface area contributed by atoms with E-state index in [9.17, 15) is 0 Å². The Kier molecular flexibility index (Phi) is 8.86. The van der Waals surface area contributed by atoms with Crippen LogP contribution < -0.4 is 4.90 Å². The second kappa shape index (κ2) is 15.4. The van der Waals surface area contributed by atoms with Crippen molar-refractivity contribution in [1.29, 1.82) is 0 Å². The normalized spacial score (nSPS) is 18.2. The first kappa shape index (κ1) is 41.5. The first-order chi connectivity index (χ1) is 35.5. The molecule has 6 aliphatic carbocycles. The van der Waals surface area contributed by atoms with Gasteiger partial charge in [0, 0.05) is 16.8 Å². The lowest BCUT2D eigenvalue weighted by atomic mass is 9.51. The molecule has 0 heterocycles. The Hall–Kier alpha value is -8.26. The lowest BCUT2D eigenvalue weighted by molar-refractivity contribution is 0.606. The molecular weight excluding hydrogens is 867 g/mol. The highest BCUT2D eigenvalue weighted by Gasteiger charge is 2.59. The third-order valence-electron chi connectivity index (χ3n) is 17.6. The molecule has 9 aromatic rings. The van der Waals surface area contributed by atoms with Crippen molar-refractivity contribution in [3.63, 3.8) is 0 Å². The summed E-state index contributed by atoms with van der Waals surface area (Å²) in [5, 5.41) is 0. The van der Waals surface area contributed by atoms with Crippen LogP contribution in [0.1, 0.15) is 99.9 Å². The summed E-state index contributed by atoms with van der Waals surface area (Å²) < 4.78 is 0. The fraction of sp³-hybridized carbons (Fsp3) is 0.127. The lowest BCUT2D eigenvalue weighted by Gasteiger charge is -2.49. The van der Waals surface area contributed by atoms with Crippen molar-refractivity contribution < 1.29 is 0 Å². The molecule has 1 heteroatoms. The van der Waals surface area contributed by atoms with Gasteiger partial charge in [0.1, 0.15) is 0 Å². The SMILES string of the molecule is CC1(C)c2ccccc2-c2ccc(N(c3cccc(C4=CCCC5=C4c4ccccc4C54c5ccccc5C5(c6ccccc6-c6ccccc65)c5ccccc54)c3)C3C=CC(c4ccccc4)=CC3)cc21. The van der Waals surface area contributed by atoms with Crippen molar-refractivity contribution in [2.24, 2.45) is 0 Å². The van der Waals surface area contributed by atoms with E-state index in [1.165, 1.54) is 123 Å². The predicted molar refractivity (Wildman–Crippen MR) is 299 cm³/mol. The maximum absolute atomic E-state index is 2.62. The van der Waals surface area contributed by atoms with Crippen LogP contribution in [-0.2, 0) is 16.2 Å². The molecule has 0 radical (unpaired) electrons.